The molecule has 0 aliphatic heterocycles. The molecular formula is C18H28BrFO4. The maximum atomic E-state index is 13.5. The standard InChI is InChI=1S/C16H24BrFO2.C2H4O2/c17-14-9-10-16(15(18)13-14)20-12-8-6-4-2-1-3-5-7-11-19;1-2(3)4/h9-10,13,19H,1-8,11-12H2;1H3,(H,3,4). The maximum Gasteiger partial charge on any atom is 0.300 e. The lowest BCUT2D eigenvalue weighted by molar-refractivity contribution is -0.134. The van der Waals surface area contributed by atoms with Crippen molar-refractivity contribution < 1.29 is 24.1 Å². The van der Waals surface area contributed by atoms with Crippen molar-refractivity contribution in [1.29, 1.82) is 0 Å². The number of hydrogen-bond donors (Lipinski definition) is 2. The number of rotatable bonds is 11. The van der Waals surface area contributed by atoms with Crippen LogP contribution in [0.1, 0.15) is 58.3 Å². The van der Waals surface area contributed by atoms with Gasteiger partial charge < -0.3 is 14.9 Å². The van der Waals surface area contributed by atoms with Crippen LogP contribution in [0.15, 0.2) is 22.7 Å². The van der Waals surface area contributed by atoms with Gasteiger partial charge in [-0.3, -0.25) is 4.79 Å². The minimum Gasteiger partial charge on any atom is -0.491 e. The lowest BCUT2D eigenvalue weighted by Crippen LogP contribution is -1.99. The summed E-state index contributed by atoms with van der Waals surface area (Å²) in [6.07, 6.45) is 9.02. The Bertz CT molecular complexity index is 451. The van der Waals surface area contributed by atoms with E-state index in [0.717, 1.165) is 37.1 Å². The molecule has 1 aromatic carbocycles. The monoisotopic (exact) mass is 406 g/mol. The molecule has 0 atom stereocenters. The third kappa shape index (κ3) is 14.5. The molecule has 0 saturated carbocycles. The normalized spacial score (nSPS) is 10.0. The van der Waals surface area contributed by atoms with E-state index in [4.69, 9.17) is 19.7 Å². The van der Waals surface area contributed by atoms with Gasteiger partial charge in [-0.1, -0.05) is 54.5 Å². The van der Waals surface area contributed by atoms with Crippen LogP contribution in [-0.2, 0) is 4.79 Å². The smallest absolute Gasteiger partial charge is 0.300 e. The van der Waals surface area contributed by atoms with E-state index < -0.39 is 5.97 Å². The average molecular weight is 407 g/mol. The van der Waals surface area contributed by atoms with Gasteiger partial charge in [0, 0.05) is 18.0 Å². The molecule has 138 valence electrons. The summed E-state index contributed by atoms with van der Waals surface area (Å²) in [5.41, 5.74) is 0. The third-order valence-corrected chi connectivity index (χ3v) is 3.70. The van der Waals surface area contributed by atoms with E-state index in [-0.39, 0.29) is 5.82 Å². The molecule has 0 unspecified atom stereocenters. The van der Waals surface area contributed by atoms with E-state index >= 15 is 0 Å². The molecule has 1 rings (SSSR count). The number of aliphatic carboxylic acids is 1. The molecule has 2 N–H and O–H groups in total. The largest absolute Gasteiger partial charge is 0.491 e. The molecule has 6 heteroatoms. The number of benzene rings is 1. The number of carbonyl (C=O) groups is 1. The summed E-state index contributed by atoms with van der Waals surface area (Å²) in [6.45, 7) is 1.97. The number of unbranched alkanes of at least 4 members (excludes halogenated alkanes) is 7. The van der Waals surface area contributed by atoms with Gasteiger partial charge in [-0.05, 0) is 31.0 Å². The Morgan fingerprint density at radius 2 is 1.58 bits per heavy atom. The van der Waals surface area contributed by atoms with Crippen molar-refractivity contribution >= 4 is 21.9 Å². The Balaban J connectivity index is 0.00000118. The summed E-state index contributed by atoms with van der Waals surface area (Å²) in [4.78, 5) is 9.00. The highest BCUT2D eigenvalue weighted by atomic mass is 79.9. The first-order chi connectivity index (χ1) is 11.5. The Kier molecular flexibility index (Phi) is 14.7. The van der Waals surface area contributed by atoms with E-state index in [2.05, 4.69) is 15.9 Å². The Morgan fingerprint density at radius 1 is 1.08 bits per heavy atom. The number of aliphatic hydroxyl groups is 1. The number of halogens is 2. The first-order valence-corrected chi connectivity index (χ1v) is 9.15. The molecule has 0 aliphatic carbocycles. The van der Waals surface area contributed by atoms with Gasteiger partial charge in [0.15, 0.2) is 11.6 Å². The number of aliphatic hydroxyl groups excluding tert-OH is 1. The number of carboxylic acids is 1. The zero-order valence-corrected chi connectivity index (χ0v) is 15.9. The molecular weight excluding hydrogens is 379 g/mol. The SMILES string of the molecule is CC(=O)O.OCCCCCCCCCCOc1ccc(Br)cc1F. The fourth-order valence-electron chi connectivity index (χ4n) is 2.05. The summed E-state index contributed by atoms with van der Waals surface area (Å²) >= 11 is 3.22. The minimum atomic E-state index is -0.833. The number of carboxylic acid groups (broad SMARTS) is 1. The van der Waals surface area contributed by atoms with Crippen LogP contribution in [0.3, 0.4) is 0 Å². The summed E-state index contributed by atoms with van der Waals surface area (Å²) < 4.78 is 19.6. The molecule has 24 heavy (non-hydrogen) atoms. The molecule has 0 amide bonds. The van der Waals surface area contributed by atoms with Crippen LogP contribution in [0.4, 0.5) is 4.39 Å². The van der Waals surface area contributed by atoms with E-state index in [1.165, 1.54) is 31.7 Å². The first-order valence-electron chi connectivity index (χ1n) is 8.35. The van der Waals surface area contributed by atoms with Gasteiger partial charge in [0.05, 0.1) is 6.61 Å². The Labute approximate surface area is 152 Å². The highest BCUT2D eigenvalue weighted by Gasteiger charge is 2.03. The van der Waals surface area contributed by atoms with Crippen LogP contribution in [0.2, 0.25) is 0 Å². The molecule has 0 aromatic heterocycles. The predicted molar refractivity (Wildman–Crippen MR) is 96.9 cm³/mol. The van der Waals surface area contributed by atoms with Gasteiger partial charge in [-0.2, -0.15) is 0 Å². The molecule has 0 spiro atoms. The second-order valence-corrected chi connectivity index (χ2v) is 6.41. The van der Waals surface area contributed by atoms with Crippen molar-refractivity contribution in [3.63, 3.8) is 0 Å². The van der Waals surface area contributed by atoms with Crippen LogP contribution in [0.25, 0.3) is 0 Å². The summed E-state index contributed by atoms with van der Waals surface area (Å²) in [5.74, 6) is -0.819. The molecule has 0 radical (unpaired) electrons. The Morgan fingerprint density at radius 3 is 2.08 bits per heavy atom. The van der Waals surface area contributed by atoms with Crippen LogP contribution < -0.4 is 4.74 Å². The molecule has 0 bridgehead atoms. The van der Waals surface area contributed by atoms with Gasteiger partial charge in [0.25, 0.3) is 5.97 Å². The summed E-state index contributed by atoms with van der Waals surface area (Å²) in [6, 6.07) is 4.85. The van der Waals surface area contributed by atoms with Gasteiger partial charge in [-0.25, -0.2) is 4.39 Å². The van der Waals surface area contributed by atoms with Gasteiger partial charge in [-0.15, -0.1) is 0 Å². The molecule has 0 fully saturated rings. The van der Waals surface area contributed by atoms with E-state index in [1.807, 2.05) is 0 Å². The zero-order valence-electron chi connectivity index (χ0n) is 14.3. The molecule has 0 saturated heterocycles. The predicted octanol–water partition coefficient (Wildman–Crippen LogP) is 5.17. The van der Waals surface area contributed by atoms with Crippen LogP contribution in [0.5, 0.6) is 5.75 Å². The van der Waals surface area contributed by atoms with E-state index in [0.29, 0.717) is 19.0 Å². The molecule has 4 nitrogen and oxygen atoms in total. The van der Waals surface area contributed by atoms with Crippen molar-refractivity contribution in [1.82, 2.24) is 0 Å². The van der Waals surface area contributed by atoms with Crippen LogP contribution in [-0.4, -0.2) is 29.4 Å². The minimum absolute atomic E-state index is 0.309. The second kappa shape index (κ2) is 15.4. The number of ether oxygens (including phenoxy) is 1. The first kappa shape index (κ1) is 22.9. The highest BCUT2D eigenvalue weighted by molar-refractivity contribution is 9.10. The molecule has 1 aromatic rings. The topological polar surface area (TPSA) is 66.8 Å². The highest BCUT2D eigenvalue weighted by Crippen LogP contribution is 2.21. The lowest BCUT2D eigenvalue weighted by Gasteiger charge is -2.07. The zero-order chi connectivity index (χ0) is 18.2. The van der Waals surface area contributed by atoms with Gasteiger partial charge in [0.1, 0.15) is 0 Å². The van der Waals surface area contributed by atoms with Crippen molar-refractivity contribution in [2.75, 3.05) is 13.2 Å². The second-order valence-electron chi connectivity index (χ2n) is 5.49. The average Bonchev–Trinajstić information content (AvgIpc) is 2.50. The molecule has 0 aliphatic rings. The lowest BCUT2D eigenvalue weighted by atomic mass is 10.1. The van der Waals surface area contributed by atoms with Gasteiger partial charge >= 0.3 is 0 Å². The van der Waals surface area contributed by atoms with Crippen molar-refractivity contribution in [3.05, 3.63) is 28.5 Å². The van der Waals surface area contributed by atoms with Gasteiger partial charge in [0.2, 0.25) is 0 Å². The van der Waals surface area contributed by atoms with Crippen molar-refractivity contribution in [2.45, 2.75) is 58.3 Å². The quantitative estimate of drug-likeness (QED) is 0.497. The Hall–Kier alpha value is -1.14. The fraction of sp³-hybridized carbons (Fsp3) is 0.611. The third-order valence-electron chi connectivity index (χ3n) is 3.20. The number of hydrogen-bond acceptors (Lipinski definition) is 3. The van der Waals surface area contributed by atoms with Crippen LogP contribution in [0, 0.1) is 5.82 Å². The maximum absolute atomic E-state index is 13.5. The van der Waals surface area contributed by atoms with Crippen molar-refractivity contribution in [2.24, 2.45) is 0 Å². The van der Waals surface area contributed by atoms with E-state index in [1.54, 1.807) is 12.1 Å². The van der Waals surface area contributed by atoms with E-state index in [9.17, 15) is 4.39 Å². The summed E-state index contributed by atoms with van der Waals surface area (Å²) in [7, 11) is 0. The molecule has 0 heterocycles. The summed E-state index contributed by atoms with van der Waals surface area (Å²) in [5, 5.41) is 16.1. The fourth-order valence-corrected chi connectivity index (χ4v) is 2.38. The van der Waals surface area contributed by atoms with Crippen LogP contribution >= 0.6 is 15.9 Å². The van der Waals surface area contributed by atoms with Crippen molar-refractivity contribution in [3.8, 4) is 5.75 Å².